The molecule has 1 heterocycles. The molecule has 2 aromatic carbocycles. The van der Waals surface area contributed by atoms with Crippen molar-refractivity contribution in [1.29, 1.82) is 0 Å². The lowest BCUT2D eigenvalue weighted by atomic mass is 9.95. The second kappa shape index (κ2) is 15.1. The molecule has 2 aliphatic rings. The minimum absolute atomic E-state index is 0.0228. The largest absolute Gasteiger partial charge is 0.356 e. The van der Waals surface area contributed by atoms with Gasteiger partial charge < -0.3 is 26.6 Å². The Labute approximate surface area is 250 Å². The highest BCUT2D eigenvalue weighted by atomic mass is 16.2. The molecule has 0 bridgehead atoms. The molecule has 0 unspecified atom stereocenters. The zero-order chi connectivity index (χ0) is 30.8. The Morgan fingerprint density at radius 2 is 1.44 bits per heavy atom. The lowest BCUT2D eigenvalue weighted by Gasteiger charge is -2.26. The van der Waals surface area contributed by atoms with E-state index in [0.29, 0.717) is 24.9 Å². The van der Waals surface area contributed by atoms with Crippen molar-refractivity contribution >= 4 is 35.3 Å². The third-order valence-corrected chi connectivity index (χ3v) is 7.60. The molecule has 43 heavy (non-hydrogen) atoms. The first-order valence-corrected chi connectivity index (χ1v) is 14.9. The Balaban J connectivity index is 1.48. The number of ketones is 1. The summed E-state index contributed by atoms with van der Waals surface area (Å²) >= 11 is 0. The predicted octanol–water partition coefficient (Wildman–Crippen LogP) is 1.17. The summed E-state index contributed by atoms with van der Waals surface area (Å²) in [5, 5.41) is 13.6. The standard InChI is InChI=1S/C32H39N5O6/c1-2-9-24(30(41)36-25(19-22-16-17-33-28(22)39)27(38)32(43)34-23-14-15-23)35-31(42)26(18-20-10-5-3-6-11-20)37-29(40)21-12-7-4-8-13-21/h3-8,10-13,22-26H,2,9,14-19H2,1H3,(H,33,39)(H,34,43)(H,35,42)(H,36,41)(H,37,40)/t22-,24-,25-,26+/m0/s1. The molecule has 5 N–H and O–H groups in total. The second-order valence-electron chi connectivity index (χ2n) is 11.1. The van der Waals surface area contributed by atoms with Crippen molar-refractivity contribution in [3.05, 3.63) is 71.8 Å². The van der Waals surface area contributed by atoms with Crippen LogP contribution in [0.3, 0.4) is 0 Å². The second-order valence-corrected chi connectivity index (χ2v) is 11.1. The summed E-state index contributed by atoms with van der Waals surface area (Å²) in [7, 11) is 0. The fourth-order valence-electron chi connectivity index (χ4n) is 5.02. The Bertz CT molecular complexity index is 1310. The third kappa shape index (κ3) is 9.22. The van der Waals surface area contributed by atoms with Gasteiger partial charge in [0.2, 0.25) is 23.5 Å². The van der Waals surface area contributed by atoms with Crippen LogP contribution >= 0.6 is 0 Å². The zero-order valence-electron chi connectivity index (χ0n) is 24.3. The van der Waals surface area contributed by atoms with Crippen LogP contribution in [0.15, 0.2) is 60.7 Å². The molecule has 4 atom stereocenters. The number of rotatable bonds is 15. The topological polar surface area (TPSA) is 163 Å². The van der Waals surface area contributed by atoms with Gasteiger partial charge in [0.05, 0.1) is 6.04 Å². The van der Waals surface area contributed by atoms with Crippen LogP contribution in [0.25, 0.3) is 0 Å². The molecule has 1 saturated carbocycles. The Hall–Kier alpha value is -4.54. The highest BCUT2D eigenvalue weighted by Crippen LogP contribution is 2.20. The van der Waals surface area contributed by atoms with Gasteiger partial charge in [0, 0.05) is 30.5 Å². The van der Waals surface area contributed by atoms with Gasteiger partial charge in [-0.25, -0.2) is 0 Å². The summed E-state index contributed by atoms with van der Waals surface area (Å²) in [6.07, 6.45) is 3.01. The van der Waals surface area contributed by atoms with Crippen molar-refractivity contribution in [2.24, 2.45) is 5.92 Å². The number of carbonyl (C=O) groups is 6. The Morgan fingerprint density at radius 3 is 2.05 bits per heavy atom. The number of hydrogen-bond donors (Lipinski definition) is 5. The van der Waals surface area contributed by atoms with Gasteiger partial charge in [0.25, 0.3) is 11.8 Å². The molecular weight excluding hydrogens is 550 g/mol. The molecule has 11 nitrogen and oxygen atoms in total. The molecular formula is C32H39N5O6. The summed E-state index contributed by atoms with van der Waals surface area (Å²) in [6, 6.07) is 14.4. The molecule has 228 valence electrons. The molecule has 2 fully saturated rings. The van der Waals surface area contributed by atoms with E-state index in [-0.39, 0.29) is 31.2 Å². The molecule has 5 amide bonds. The van der Waals surface area contributed by atoms with E-state index >= 15 is 0 Å². The quantitative estimate of drug-likeness (QED) is 0.196. The van der Waals surface area contributed by atoms with Gasteiger partial charge in [0.15, 0.2) is 0 Å². The highest BCUT2D eigenvalue weighted by molar-refractivity contribution is 6.38. The predicted molar refractivity (Wildman–Crippen MR) is 159 cm³/mol. The normalized spacial score (nSPS) is 18.0. The number of carbonyl (C=O) groups excluding carboxylic acids is 6. The van der Waals surface area contributed by atoms with E-state index in [1.54, 1.807) is 30.3 Å². The van der Waals surface area contributed by atoms with Crippen molar-refractivity contribution in [2.45, 2.75) is 76.0 Å². The van der Waals surface area contributed by atoms with Crippen LogP contribution < -0.4 is 26.6 Å². The Morgan fingerprint density at radius 1 is 0.814 bits per heavy atom. The average Bonchev–Trinajstić information content (AvgIpc) is 3.74. The first-order valence-electron chi connectivity index (χ1n) is 14.9. The summed E-state index contributed by atoms with van der Waals surface area (Å²) in [4.78, 5) is 78.1. The minimum Gasteiger partial charge on any atom is -0.356 e. The van der Waals surface area contributed by atoms with Crippen LogP contribution in [0, 0.1) is 5.92 Å². The number of nitrogens with one attached hydrogen (secondary N) is 5. The molecule has 11 heteroatoms. The molecule has 1 aliphatic carbocycles. The highest BCUT2D eigenvalue weighted by Gasteiger charge is 2.37. The molecule has 0 aromatic heterocycles. The van der Waals surface area contributed by atoms with Gasteiger partial charge in [-0.05, 0) is 49.8 Å². The maximum absolute atomic E-state index is 13.6. The molecule has 2 aromatic rings. The van der Waals surface area contributed by atoms with Crippen molar-refractivity contribution in [1.82, 2.24) is 26.6 Å². The zero-order valence-corrected chi connectivity index (χ0v) is 24.3. The van der Waals surface area contributed by atoms with E-state index < -0.39 is 53.5 Å². The fourth-order valence-corrected chi connectivity index (χ4v) is 5.02. The molecule has 0 spiro atoms. The number of hydrogen-bond acceptors (Lipinski definition) is 6. The SMILES string of the molecule is CCC[C@H](NC(=O)[C@@H](Cc1ccccc1)NC(=O)c1ccccc1)C(=O)N[C@@H](C[C@@H]1CCNC1=O)C(=O)C(=O)NC1CC1. The summed E-state index contributed by atoms with van der Waals surface area (Å²) in [6.45, 7) is 2.30. The summed E-state index contributed by atoms with van der Waals surface area (Å²) < 4.78 is 0. The van der Waals surface area contributed by atoms with Gasteiger partial charge in [-0.1, -0.05) is 61.9 Å². The number of amides is 5. The smallest absolute Gasteiger partial charge is 0.289 e. The number of Topliss-reactive ketones (excluding diaryl/α,β-unsaturated/α-hetero) is 1. The van der Waals surface area contributed by atoms with E-state index in [9.17, 15) is 28.8 Å². The van der Waals surface area contributed by atoms with Gasteiger partial charge in [-0.3, -0.25) is 28.8 Å². The minimum atomic E-state index is -1.23. The van der Waals surface area contributed by atoms with E-state index in [2.05, 4.69) is 26.6 Å². The summed E-state index contributed by atoms with van der Waals surface area (Å²) in [5.74, 6) is -4.01. The van der Waals surface area contributed by atoms with Gasteiger partial charge >= 0.3 is 0 Å². The van der Waals surface area contributed by atoms with Crippen LogP contribution in [0.1, 0.15) is 61.4 Å². The first kappa shape index (κ1) is 31.4. The monoisotopic (exact) mass is 589 g/mol. The van der Waals surface area contributed by atoms with Crippen LogP contribution in [0.2, 0.25) is 0 Å². The number of benzene rings is 2. The molecule has 4 rings (SSSR count). The molecule has 0 radical (unpaired) electrons. The first-order chi connectivity index (χ1) is 20.7. The van der Waals surface area contributed by atoms with E-state index in [4.69, 9.17) is 0 Å². The lowest BCUT2D eigenvalue weighted by Crippen LogP contribution is -2.57. The van der Waals surface area contributed by atoms with E-state index in [1.807, 2.05) is 37.3 Å². The lowest BCUT2D eigenvalue weighted by molar-refractivity contribution is -0.141. The van der Waals surface area contributed by atoms with Crippen molar-refractivity contribution in [2.75, 3.05) is 6.54 Å². The summed E-state index contributed by atoms with van der Waals surface area (Å²) in [5.41, 5.74) is 1.20. The Kier molecular flexibility index (Phi) is 11.0. The van der Waals surface area contributed by atoms with Crippen LogP contribution in [-0.4, -0.2) is 66.0 Å². The van der Waals surface area contributed by atoms with Crippen molar-refractivity contribution < 1.29 is 28.8 Å². The van der Waals surface area contributed by atoms with E-state index in [0.717, 1.165) is 18.4 Å². The van der Waals surface area contributed by atoms with Crippen molar-refractivity contribution in [3.63, 3.8) is 0 Å². The van der Waals surface area contributed by atoms with Crippen molar-refractivity contribution in [3.8, 4) is 0 Å². The van der Waals surface area contributed by atoms with Crippen LogP contribution in [0.4, 0.5) is 0 Å². The maximum Gasteiger partial charge on any atom is 0.289 e. The fraction of sp³-hybridized carbons (Fsp3) is 0.438. The third-order valence-electron chi connectivity index (χ3n) is 7.60. The van der Waals surface area contributed by atoms with E-state index in [1.165, 1.54) is 0 Å². The van der Waals surface area contributed by atoms with Crippen LogP contribution in [-0.2, 0) is 30.4 Å². The van der Waals surface area contributed by atoms with Crippen LogP contribution in [0.5, 0.6) is 0 Å². The van der Waals surface area contributed by atoms with Gasteiger partial charge in [-0.2, -0.15) is 0 Å². The molecule has 1 saturated heterocycles. The van der Waals surface area contributed by atoms with Gasteiger partial charge in [0.1, 0.15) is 12.1 Å². The average molecular weight is 590 g/mol. The molecule has 1 aliphatic heterocycles. The van der Waals surface area contributed by atoms with Gasteiger partial charge in [-0.15, -0.1) is 0 Å². The maximum atomic E-state index is 13.6.